The minimum Gasteiger partial charge on any atom is -0.462 e. The number of esters is 2. The second-order valence-corrected chi connectivity index (χ2v) is 3.71. The summed E-state index contributed by atoms with van der Waals surface area (Å²) in [5.41, 5.74) is -0.748. The third kappa shape index (κ3) is 2.00. The molecule has 4 nitrogen and oxygen atoms in total. The lowest BCUT2D eigenvalue weighted by atomic mass is 9.90. The van der Waals surface area contributed by atoms with Crippen LogP contribution in [0.15, 0.2) is 0 Å². The molecular formula is C8H10F2O4. The molecule has 6 heteroatoms. The van der Waals surface area contributed by atoms with Crippen LogP contribution in [0.5, 0.6) is 0 Å². The van der Waals surface area contributed by atoms with Crippen molar-refractivity contribution in [2.45, 2.75) is 26.4 Å². The molecule has 0 aromatic rings. The van der Waals surface area contributed by atoms with Crippen LogP contribution in [0, 0.1) is 5.41 Å². The summed E-state index contributed by atoms with van der Waals surface area (Å²) in [4.78, 5) is 21.6. The molecule has 0 radical (unpaired) electrons. The normalized spacial score (nSPS) is 24.9. The number of carbonyl (C=O) groups is 2. The van der Waals surface area contributed by atoms with Gasteiger partial charge in [-0.2, -0.15) is 8.78 Å². The lowest BCUT2D eigenvalue weighted by Gasteiger charge is -2.21. The Labute approximate surface area is 79.2 Å². The zero-order valence-corrected chi connectivity index (χ0v) is 7.75. The Balaban J connectivity index is 2.67. The van der Waals surface area contributed by atoms with Crippen molar-refractivity contribution in [1.29, 1.82) is 0 Å². The molecule has 0 aromatic carbocycles. The van der Waals surface area contributed by atoms with Crippen molar-refractivity contribution in [3.05, 3.63) is 0 Å². The second kappa shape index (κ2) is 3.51. The Morgan fingerprint density at radius 1 is 1.64 bits per heavy atom. The summed E-state index contributed by atoms with van der Waals surface area (Å²) in [6.07, 6.45) is -4.46. The summed E-state index contributed by atoms with van der Waals surface area (Å²) >= 11 is 0. The molecule has 1 saturated heterocycles. The fourth-order valence-electron chi connectivity index (χ4n) is 1.10. The second-order valence-electron chi connectivity index (χ2n) is 3.71. The third-order valence-corrected chi connectivity index (χ3v) is 1.92. The van der Waals surface area contributed by atoms with Gasteiger partial charge in [-0.25, -0.2) is 9.59 Å². The smallest absolute Gasteiger partial charge is 0.374 e. The Kier molecular flexibility index (Phi) is 2.73. The minimum atomic E-state index is -3.22. The number of hydrogen-bond acceptors (Lipinski definition) is 4. The summed E-state index contributed by atoms with van der Waals surface area (Å²) in [6, 6.07) is 0. The molecule has 1 rings (SSSR count). The zero-order chi connectivity index (χ0) is 10.9. The number of halogens is 2. The van der Waals surface area contributed by atoms with Gasteiger partial charge in [-0.1, -0.05) is 13.8 Å². The van der Waals surface area contributed by atoms with E-state index in [1.807, 2.05) is 0 Å². The van der Waals surface area contributed by atoms with Gasteiger partial charge in [0.15, 0.2) is 0 Å². The van der Waals surface area contributed by atoms with Gasteiger partial charge in [0, 0.05) is 5.41 Å². The first-order valence-corrected chi connectivity index (χ1v) is 4.00. The lowest BCUT2D eigenvalue weighted by molar-refractivity contribution is -0.171. The molecule has 80 valence electrons. The number of cyclic esters (lactones) is 1. The molecule has 1 fully saturated rings. The van der Waals surface area contributed by atoms with Gasteiger partial charge in [0.05, 0.1) is 0 Å². The highest BCUT2D eigenvalue weighted by atomic mass is 19.3. The summed E-state index contributed by atoms with van der Waals surface area (Å²) in [7, 11) is 0. The predicted molar refractivity (Wildman–Crippen MR) is 40.6 cm³/mol. The zero-order valence-electron chi connectivity index (χ0n) is 7.75. The van der Waals surface area contributed by atoms with Crippen LogP contribution in [0.2, 0.25) is 0 Å². The molecule has 1 aliphatic heterocycles. The van der Waals surface area contributed by atoms with Crippen LogP contribution in [0.1, 0.15) is 13.8 Å². The van der Waals surface area contributed by atoms with E-state index in [-0.39, 0.29) is 6.61 Å². The van der Waals surface area contributed by atoms with Gasteiger partial charge in [0.25, 0.3) is 0 Å². The Hall–Kier alpha value is -1.20. The van der Waals surface area contributed by atoms with Gasteiger partial charge in [0.1, 0.15) is 6.61 Å². The van der Waals surface area contributed by atoms with Gasteiger partial charge in [-0.15, -0.1) is 0 Å². The SMILES string of the molecule is CC1(C)COC(=O)C1OC(=O)C(F)F. The van der Waals surface area contributed by atoms with Gasteiger partial charge in [-0.3, -0.25) is 0 Å². The monoisotopic (exact) mass is 208 g/mol. The number of ether oxygens (including phenoxy) is 2. The molecule has 1 unspecified atom stereocenters. The maximum Gasteiger partial charge on any atom is 0.374 e. The average Bonchev–Trinajstić information content (AvgIpc) is 2.31. The van der Waals surface area contributed by atoms with E-state index in [0.29, 0.717) is 0 Å². The highest BCUT2D eigenvalue weighted by Gasteiger charge is 2.47. The molecule has 1 atom stereocenters. The van der Waals surface area contributed by atoms with Crippen molar-refractivity contribution in [2.24, 2.45) is 5.41 Å². The van der Waals surface area contributed by atoms with E-state index < -0.39 is 29.9 Å². The van der Waals surface area contributed by atoms with E-state index in [2.05, 4.69) is 9.47 Å². The highest BCUT2D eigenvalue weighted by Crippen LogP contribution is 2.31. The molecule has 0 amide bonds. The van der Waals surface area contributed by atoms with Crippen LogP contribution in [-0.4, -0.2) is 31.1 Å². The standard InChI is InChI=1S/C8H10F2O4/c1-8(2)3-13-6(11)4(8)14-7(12)5(9)10/h4-5H,3H2,1-2H3. The quantitative estimate of drug-likeness (QED) is 0.628. The number of carbonyl (C=O) groups excluding carboxylic acids is 2. The average molecular weight is 208 g/mol. The summed E-state index contributed by atoms with van der Waals surface area (Å²) < 4.78 is 32.6. The van der Waals surface area contributed by atoms with Crippen LogP contribution >= 0.6 is 0 Å². The van der Waals surface area contributed by atoms with Crippen molar-refractivity contribution in [2.75, 3.05) is 6.61 Å². The van der Waals surface area contributed by atoms with E-state index >= 15 is 0 Å². The van der Waals surface area contributed by atoms with E-state index in [0.717, 1.165) is 0 Å². The van der Waals surface area contributed by atoms with Gasteiger partial charge in [0.2, 0.25) is 6.10 Å². The first kappa shape index (κ1) is 10.9. The van der Waals surface area contributed by atoms with Gasteiger partial charge < -0.3 is 9.47 Å². The van der Waals surface area contributed by atoms with E-state index in [1.165, 1.54) is 0 Å². The molecule has 0 bridgehead atoms. The molecule has 1 aliphatic rings. The van der Waals surface area contributed by atoms with Crippen molar-refractivity contribution < 1.29 is 27.8 Å². The Bertz CT molecular complexity index is 262. The van der Waals surface area contributed by atoms with E-state index in [1.54, 1.807) is 13.8 Å². The molecule has 0 saturated carbocycles. The third-order valence-electron chi connectivity index (χ3n) is 1.92. The largest absolute Gasteiger partial charge is 0.462 e. The number of rotatable bonds is 2. The topological polar surface area (TPSA) is 52.6 Å². The summed E-state index contributed by atoms with van der Waals surface area (Å²) in [5, 5.41) is 0. The Morgan fingerprint density at radius 3 is 2.57 bits per heavy atom. The van der Waals surface area contributed by atoms with E-state index in [9.17, 15) is 18.4 Å². The lowest BCUT2D eigenvalue weighted by Crippen LogP contribution is -2.36. The number of alkyl halides is 2. The molecule has 0 spiro atoms. The van der Waals surface area contributed by atoms with Crippen molar-refractivity contribution in [1.82, 2.24) is 0 Å². The van der Waals surface area contributed by atoms with Gasteiger partial charge >= 0.3 is 18.4 Å². The molecule has 0 aromatic heterocycles. The maximum absolute atomic E-state index is 11.8. The minimum absolute atomic E-state index is 0.0625. The van der Waals surface area contributed by atoms with Crippen LogP contribution in [0.4, 0.5) is 8.78 Å². The maximum atomic E-state index is 11.8. The highest BCUT2D eigenvalue weighted by molar-refractivity contribution is 5.82. The first-order valence-electron chi connectivity index (χ1n) is 4.00. The van der Waals surface area contributed by atoms with Crippen LogP contribution in [0.25, 0.3) is 0 Å². The van der Waals surface area contributed by atoms with Crippen LogP contribution in [0.3, 0.4) is 0 Å². The van der Waals surface area contributed by atoms with Crippen LogP contribution in [-0.2, 0) is 19.1 Å². The summed E-state index contributed by atoms with van der Waals surface area (Å²) in [6.45, 7) is 3.26. The van der Waals surface area contributed by atoms with Crippen molar-refractivity contribution in [3.8, 4) is 0 Å². The molecule has 0 aliphatic carbocycles. The van der Waals surface area contributed by atoms with Crippen molar-refractivity contribution >= 4 is 11.9 Å². The summed E-state index contributed by atoms with van der Waals surface area (Å²) in [5.74, 6) is -2.47. The molecular weight excluding hydrogens is 198 g/mol. The predicted octanol–water partition coefficient (Wildman–Crippen LogP) is 0.746. The molecule has 14 heavy (non-hydrogen) atoms. The van der Waals surface area contributed by atoms with Crippen molar-refractivity contribution in [3.63, 3.8) is 0 Å². The van der Waals surface area contributed by atoms with Crippen LogP contribution < -0.4 is 0 Å². The van der Waals surface area contributed by atoms with E-state index in [4.69, 9.17) is 0 Å². The fourth-order valence-corrected chi connectivity index (χ4v) is 1.10. The molecule has 1 heterocycles. The number of hydrogen-bond donors (Lipinski definition) is 0. The first-order chi connectivity index (χ1) is 6.34. The Morgan fingerprint density at radius 2 is 2.21 bits per heavy atom. The fraction of sp³-hybridized carbons (Fsp3) is 0.750. The molecule has 0 N–H and O–H groups in total. The van der Waals surface area contributed by atoms with Gasteiger partial charge in [-0.05, 0) is 0 Å².